The summed E-state index contributed by atoms with van der Waals surface area (Å²) in [5, 5.41) is 25.9. The Bertz CT molecular complexity index is 1350. The van der Waals surface area contributed by atoms with Gasteiger partial charge in [0.2, 0.25) is 5.95 Å². The molecule has 0 aliphatic carbocycles. The van der Waals surface area contributed by atoms with E-state index in [1.165, 1.54) is 0 Å². The van der Waals surface area contributed by atoms with Crippen molar-refractivity contribution >= 4 is 16.9 Å². The molecule has 3 aromatic rings. The number of ether oxygens (including phenoxy) is 1. The van der Waals surface area contributed by atoms with E-state index < -0.39 is 11.9 Å². The van der Waals surface area contributed by atoms with Gasteiger partial charge in [-0.15, -0.1) is 0 Å². The first kappa shape index (κ1) is 25.7. The molecule has 4 rings (SSSR count). The van der Waals surface area contributed by atoms with Gasteiger partial charge < -0.3 is 25.0 Å². The van der Waals surface area contributed by atoms with Crippen LogP contribution >= 0.6 is 0 Å². The molecule has 2 aromatic heterocycles. The smallest absolute Gasteiger partial charge is 0.223 e. The van der Waals surface area contributed by atoms with Crippen LogP contribution in [0.3, 0.4) is 0 Å². The van der Waals surface area contributed by atoms with Crippen molar-refractivity contribution in [1.29, 1.82) is 5.26 Å². The topological polar surface area (TPSA) is 125 Å². The van der Waals surface area contributed by atoms with Gasteiger partial charge in [-0.2, -0.15) is 5.26 Å². The van der Waals surface area contributed by atoms with Crippen LogP contribution in [0.4, 0.5) is 10.3 Å². The number of hydrogen-bond acceptors (Lipinski definition) is 8. The third-order valence-corrected chi connectivity index (χ3v) is 6.45. The molecule has 3 N–H and O–H groups in total. The highest BCUT2D eigenvalue weighted by Gasteiger charge is 2.25. The lowest BCUT2D eigenvalue weighted by molar-refractivity contribution is -0.0136. The third kappa shape index (κ3) is 5.23. The van der Waals surface area contributed by atoms with Gasteiger partial charge in [0.25, 0.3) is 0 Å². The van der Waals surface area contributed by atoms with Crippen LogP contribution in [0.15, 0.2) is 29.2 Å². The predicted octanol–water partition coefficient (Wildman–Crippen LogP) is 3.05. The van der Waals surface area contributed by atoms with Crippen LogP contribution in [0, 0.1) is 24.1 Å². The zero-order valence-corrected chi connectivity index (χ0v) is 20.7. The Balaban J connectivity index is 1.77. The number of nitrogens with one attached hydrogen (secondary N) is 2. The van der Waals surface area contributed by atoms with E-state index in [1.54, 1.807) is 18.2 Å². The van der Waals surface area contributed by atoms with Crippen molar-refractivity contribution in [1.82, 2.24) is 19.9 Å². The van der Waals surface area contributed by atoms with Crippen LogP contribution in [0.5, 0.6) is 0 Å². The number of benzene rings is 1. The fourth-order valence-corrected chi connectivity index (χ4v) is 4.58. The van der Waals surface area contributed by atoms with Gasteiger partial charge in [-0.25, -0.2) is 14.4 Å². The van der Waals surface area contributed by atoms with E-state index in [9.17, 15) is 14.3 Å². The summed E-state index contributed by atoms with van der Waals surface area (Å²) in [5.74, 6) is -0.374. The number of halogens is 1. The molecule has 10 heteroatoms. The molecule has 0 bridgehead atoms. The molecule has 1 aliphatic rings. The van der Waals surface area contributed by atoms with E-state index in [2.05, 4.69) is 31.2 Å². The van der Waals surface area contributed by atoms with Gasteiger partial charge in [0.15, 0.2) is 11.2 Å². The second-order valence-electron chi connectivity index (χ2n) is 9.25. The molecule has 1 aliphatic heterocycles. The van der Waals surface area contributed by atoms with Crippen molar-refractivity contribution in [3.8, 4) is 17.3 Å². The van der Waals surface area contributed by atoms with Gasteiger partial charge >= 0.3 is 0 Å². The molecule has 0 radical (unpaired) electrons. The number of aliphatic hydroxyl groups excluding tert-OH is 1. The molecule has 36 heavy (non-hydrogen) atoms. The van der Waals surface area contributed by atoms with Crippen molar-refractivity contribution in [3.63, 3.8) is 0 Å². The monoisotopic (exact) mass is 494 g/mol. The molecule has 0 unspecified atom stereocenters. The molecule has 2 atom stereocenters. The number of rotatable bonds is 8. The van der Waals surface area contributed by atoms with Crippen molar-refractivity contribution in [2.45, 2.75) is 58.3 Å². The number of fused-ring (bicyclic) bond motifs is 1. The van der Waals surface area contributed by atoms with Crippen LogP contribution < -0.4 is 16.1 Å². The number of nitrogens with zero attached hydrogens (tertiary/aromatic N) is 4. The van der Waals surface area contributed by atoms with E-state index in [4.69, 9.17) is 10.00 Å². The Morgan fingerprint density at radius 2 is 2.19 bits per heavy atom. The van der Waals surface area contributed by atoms with E-state index in [0.29, 0.717) is 54.6 Å². The third-order valence-electron chi connectivity index (χ3n) is 6.45. The maximum Gasteiger partial charge on any atom is 0.223 e. The normalized spacial score (nSPS) is 17.9. The van der Waals surface area contributed by atoms with Gasteiger partial charge in [0.1, 0.15) is 5.69 Å². The molecule has 1 saturated heterocycles. The second kappa shape index (κ2) is 11.1. The zero-order chi connectivity index (χ0) is 25.8. The van der Waals surface area contributed by atoms with Crippen LogP contribution in [0.25, 0.3) is 22.2 Å². The minimum atomic E-state index is -0.708. The summed E-state index contributed by atoms with van der Waals surface area (Å²) in [4.78, 5) is 21.7. The molecule has 9 nitrogen and oxygen atoms in total. The number of nitriles is 1. The summed E-state index contributed by atoms with van der Waals surface area (Å²) in [5.41, 5.74) is 2.69. The molecule has 3 heterocycles. The molecule has 0 spiro atoms. The Hall–Kier alpha value is -3.39. The Labute approximate surface area is 209 Å². The van der Waals surface area contributed by atoms with Crippen molar-refractivity contribution in [3.05, 3.63) is 51.7 Å². The lowest BCUT2D eigenvalue weighted by Gasteiger charge is -2.28. The maximum absolute atomic E-state index is 14.9. The van der Waals surface area contributed by atoms with E-state index in [1.807, 2.05) is 20.8 Å². The molecular weight excluding hydrogens is 463 g/mol. The molecule has 1 fully saturated rings. The second-order valence-corrected chi connectivity index (χ2v) is 9.25. The fourth-order valence-electron chi connectivity index (χ4n) is 4.58. The number of aliphatic hydroxyl groups is 1. The summed E-state index contributed by atoms with van der Waals surface area (Å²) in [6.45, 7) is 7.54. The number of pyridine rings is 1. The zero-order valence-electron chi connectivity index (χ0n) is 20.7. The van der Waals surface area contributed by atoms with Crippen molar-refractivity contribution in [2.24, 2.45) is 0 Å². The highest BCUT2D eigenvalue weighted by molar-refractivity contribution is 5.85. The summed E-state index contributed by atoms with van der Waals surface area (Å²) in [6.07, 6.45) is 1.35. The molecule has 0 saturated carbocycles. The summed E-state index contributed by atoms with van der Waals surface area (Å²) < 4.78 is 22.2. The van der Waals surface area contributed by atoms with Crippen molar-refractivity contribution < 1.29 is 14.2 Å². The lowest BCUT2D eigenvalue weighted by Crippen LogP contribution is -2.42. The summed E-state index contributed by atoms with van der Waals surface area (Å²) in [7, 11) is 0. The number of hydrogen-bond donors (Lipinski definition) is 3. The average molecular weight is 495 g/mol. The van der Waals surface area contributed by atoms with Crippen LogP contribution in [0.2, 0.25) is 0 Å². The quantitative estimate of drug-likeness (QED) is 0.408. The Morgan fingerprint density at radius 1 is 1.39 bits per heavy atom. The van der Waals surface area contributed by atoms with E-state index in [-0.39, 0.29) is 35.8 Å². The number of anilines is 1. The molecule has 190 valence electrons. The van der Waals surface area contributed by atoms with E-state index >= 15 is 0 Å². The highest BCUT2D eigenvalue weighted by Crippen LogP contribution is 2.28. The van der Waals surface area contributed by atoms with Gasteiger partial charge in [-0.05, 0) is 39.3 Å². The Kier molecular flexibility index (Phi) is 7.94. The summed E-state index contributed by atoms with van der Waals surface area (Å²) in [6, 6.07) is 7.03. The minimum Gasteiger partial charge on any atom is -0.389 e. The molecular formula is C26H31FN6O3. The van der Waals surface area contributed by atoms with Crippen molar-refractivity contribution in [2.75, 3.05) is 25.1 Å². The van der Waals surface area contributed by atoms with Crippen LogP contribution in [-0.4, -0.2) is 51.5 Å². The van der Waals surface area contributed by atoms with Gasteiger partial charge in [0, 0.05) is 54.4 Å². The van der Waals surface area contributed by atoms with E-state index in [0.717, 1.165) is 11.9 Å². The van der Waals surface area contributed by atoms with Crippen LogP contribution in [-0.2, 0) is 11.3 Å². The SMILES string of the molecule is Cc1c(CNCCC#N)n(C(C)C)c2cc(-c3nc(N[C@@H]4CCOC[C@H]4O)ncc3F)ccc2c1=O. The first-order valence-corrected chi connectivity index (χ1v) is 12.1. The fraction of sp³-hybridized carbons (Fsp3) is 0.462. The summed E-state index contributed by atoms with van der Waals surface area (Å²) >= 11 is 0. The van der Waals surface area contributed by atoms with Gasteiger partial charge in [-0.3, -0.25) is 4.79 Å². The Morgan fingerprint density at radius 3 is 2.92 bits per heavy atom. The minimum absolute atomic E-state index is 0.0253. The average Bonchev–Trinajstić information content (AvgIpc) is 2.86. The standard InChI is InChI=1S/C26H31FN6O3/c1-15(2)33-21-11-17(5-6-18(21)25(35)16(3)22(33)13-29-9-4-8-28)24-19(27)12-30-26(32-24)31-20-7-10-36-14-23(20)34/h5-6,11-12,15,20,23,29,34H,4,7,9-10,13-14H2,1-3H3,(H,30,31,32)/t20-,23-/m1/s1. The van der Waals surface area contributed by atoms with Crippen LogP contribution in [0.1, 0.15) is 44.0 Å². The first-order chi connectivity index (χ1) is 17.3. The molecule has 0 amide bonds. The van der Waals surface area contributed by atoms with Gasteiger partial charge in [-0.1, -0.05) is 6.07 Å². The maximum atomic E-state index is 14.9. The first-order valence-electron chi connectivity index (χ1n) is 12.1. The highest BCUT2D eigenvalue weighted by atomic mass is 19.1. The number of aromatic nitrogens is 3. The lowest BCUT2D eigenvalue weighted by atomic mass is 10.0. The molecule has 1 aromatic carbocycles. The van der Waals surface area contributed by atoms with Gasteiger partial charge in [0.05, 0.1) is 36.5 Å². The predicted molar refractivity (Wildman–Crippen MR) is 135 cm³/mol. The largest absolute Gasteiger partial charge is 0.389 e.